The van der Waals surface area contributed by atoms with Crippen LogP contribution in [-0.4, -0.2) is 0 Å². The molecule has 0 aliphatic rings. The first kappa shape index (κ1) is 8.85. The molecule has 1 nitrogen and oxygen atoms in total. The van der Waals surface area contributed by atoms with Crippen LogP contribution in [-0.2, 0) is 0 Å². The van der Waals surface area contributed by atoms with Gasteiger partial charge >= 0.3 is 0 Å². The molecular formula is C11H14O. The fraction of sp³-hybridized carbons (Fsp3) is 0.273. The third-order valence-electron chi connectivity index (χ3n) is 1.70. The van der Waals surface area contributed by atoms with E-state index in [0.717, 1.165) is 28.2 Å². The van der Waals surface area contributed by atoms with E-state index >= 15 is 0 Å². The molecule has 1 rings (SSSR count). The monoisotopic (exact) mass is 162 g/mol. The van der Waals surface area contributed by atoms with Crippen LogP contribution < -0.4 is 0 Å². The van der Waals surface area contributed by atoms with Crippen molar-refractivity contribution < 1.29 is 4.42 Å². The second-order valence-corrected chi connectivity index (χ2v) is 3.16. The first-order valence-corrected chi connectivity index (χ1v) is 3.94. The second kappa shape index (κ2) is 3.02. The Hall–Kier alpha value is -1.24. The maximum Gasteiger partial charge on any atom is 0.136 e. The maximum atomic E-state index is 5.48. The van der Waals surface area contributed by atoms with Gasteiger partial charge in [-0.15, -0.1) is 0 Å². The minimum atomic E-state index is 0.861. The summed E-state index contributed by atoms with van der Waals surface area (Å²) in [5.74, 6) is 1.77. The molecule has 0 bridgehead atoms. The molecule has 0 N–H and O–H groups in total. The fourth-order valence-electron chi connectivity index (χ4n) is 1.15. The molecule has 64 valence electrons. The van der Waals surface area contributed by atoms with Crippen LogP contribution in [0.5, 0.6) is 0 Å². The molecular weight excluding hydrogens is 148 g/mol. The summed E-state index contributed by atoms with van der Waals surface area (Å²) in [7, 11) is 0. The van der Waals surface area contributed by atoms with Crippen LogP contribution in [0.25, 0.3) is 11.1 Å². The standard InChI is InChI=1S/C11H14O/c1-7(2)10-6-9(5)12-11(10)8(3)4/h6H,1,3H2,2,4-5H3. The molecule has 0 spiro atoms. The van der Waals surface area contributed by atoms with Gasteiger partial charge in [-0.05, 0) is 38.0 Å². The molecule has 12 heavy (non-hydrogen) atoms. The average Bonchev–Trinajstić information content (AvgIpc) is 2.31. The third kappa shape index (κ3) is 1.50. The molecule has 0 aliphatic heterocycles. The molecule has 0 amide bonds. The molecule has 1 heterocycles. The Morgan fingerprint density at radius 2 is 1.83 bits per heavy atom. The minimum Gasteiger partial charge on any atom is -0.461 e. The highest BCUT2D eigenvalue weighted by atomic mass is 16.3. The van der Waals surface area contributed by atoms with E-state index in [-0.39, 0.29) is 0 Å². The lowest BCUT2D eigenvalue weighted by atomic mass is 10.1. The summed E-state index contributed by atoms with van der Waals surface area (Å²) in [5.41, 5.74) is 3.03. The summed E-state index contributed by atoms with van der Waals surface area (Å²) in [5, 5.41) is 0. The molecule has 0 atom stereocenters. The van der Waals surface area contributed by atoms with Crippen LogP contribution in [0.15, 0.2) is 23.6 Å². The first-order chi connectivity index (χ1) is 5.52. The zero-order chi connectivity index (χ0) is 9.30. The molecule has 0 fully saturated rings. The molecule has 0 radical (unpaired) electrons. The van der Waals surface area contributed by atoms with Gasteiger partial charge in [-0.25, -0.2) is 0 Å². The lowest BCUT2D eigenvalue weighted by molar-refractivity contribution is 0.521. The molecule has 1 aromatic heterocycles. The van der Waals surface area contributed by atoms with Gasteiger partial charge in [0.1, 0.15) is 11.5 Å². The molecule has 0 aromatic carbocycles. The molecule has 0 saturated carbocycles. The maximum absolute atomic E-state index is 5.48. The summed E-state index contributed by atoms with van der Waals surface area (Å²) in [4.78, 5) is 0. The minimum absolute atomic E-state index is 0.861. The van der Waals surface area contributed by atoms with E-state index in [1.807, 2.05) is 26.8 Å². The van der Waals surface area contributed by atoms with E-state index in [4.69, 9.17) is 4.42 Å². The number of hydrogen-bond donors (Lipinski definition) is 0. The quantitative estimate of drug-likeness (QED) is 0.646. The Morgan fingerprint density at radius 3 is 2.17 bits per heavy atom. The van der Waals surface area contributed by atoms with Crippen LogP contribution in [0.3, 0.4) is 0 Å². The van der Waals surface area contributed by atoms with Crippen molar-refractivity contribution in [3.63, 3.8) is 0 Å². The fourth-order valence-corrected chi connectivity index (χ4v) is 1.15. The Bertz CT molecular complexity index is 297. The second-order valence-electron chi connectivity index (χ2n) is 3.16. The van der Waals surface area contributed by atoms with Crippen molar-refractivity contribution in [3.05, 3.63) is 36.3 Å². The summed E-state index contributed by atoms with van der Waals surface area (Å²) in [6.07, 6.45) is 0. The molecule has 1 aromatic rings. The zero-order valence-electron chi connectivity index (χ0n) is 7.90. The number of furan rings is 1. The smallest absolute Gasteiger partial charge is 0.136 e. The number of aryl methyl sites for hydroxylation is 1. The van der Waals surface area contributed by atoms with Gasteiger partial charge in [-0.3, -0.25) is 0 Å². The largest absolute Gasteiger partial charge is 0.461 e. The predicted octanol–water partition coefficient (Wildman–Crippen LogP) is 3.65. The van der Waals surface area contributed by atoms with Crippen LogP contribution in [0, 0.1) is 6.92 Å². The lowest BCUT2D eigenvalue weighted by Crippen LogP contribution is -1.80. The van der Waals surface area contributed by atoms with Crippen molar-refractivity contribution in [2.24, 2.45) is 0 Å². The highest BCUT2D eigenvalue weighted by Crippen LogP contribution is 2.26. The topological polar surface area (TPSA) is 13.1 Å². The van der Waals surface area contributed by atoms with Gasteiger partial charge in [0, 0.05) is 5.56 Å². The van der Waals surface area contributed by atoms with Gasteiger partial charge in [0.05, 0.1) is 0 Å². The number of allylic oxidation sites excluding steroid dienone is 2. The third-order valence-corrected chi connectivity index (χ3v) is 1.70. The van der Waals surface area contributed by atoms with Crippen LogP contribution in [0.1, 0.15) is 30.9 Å². The SMILES string of the molecule is C=C(C)c1cc(C)oc1C(=C)C. The molecule has 0 saturated heterocycles. The Kier molecular flexibility index (Phi) is 2.22. The van der Waals surface area contributed by atoms with Crippen molar-refractivity contribution in [1.29, 1.82) is 0 Å². The van der Waals surface area contributed by atoms with E-state index in [0.29, 0.717) is 0 Å². The predicted molar refractivity (Wildman–Crippen MR) is 52.9 cm³/mol. The molecule has 0 unspecified atom stereocenters. The summed E-state index contributed by atoms with van der Waals surface area (Å²) in [6.45, 7) is 13.6. The van der Waals surface area contributed by atoms with E-state index in [1.54, 1.807) is 0 Å². The van der Waals surface area contributed by atoms with E-state index < -0.39 is 0 Å². The van der Waals surface area contributed by atoms with Crippen LogP contribution >= 0.6 is 0 Å². The lowest BCUT2D eigenvalue weighted by Gasteiger charge is -1.98. The highest BCUT2D eigenvalue weighted by Gasteiger charge is 2.09. The van der Waals surface area contributed by atoms with Gasteiger partial charge < -0.3 is 4.42 Å². The van der Waals surface area contributed by atoms with Crippen molar-refractivity contribution in [2.75, 3.05) is 0 Å². The molecule has 0 aliphatic carbocycles. The average molecular weight is 162 g/mol. The summed E-state index contributed by atoms with van der Waals surface area (Å²) >= 11 is 0. The van der Waals surface area contributed by atoms with Crippen LogP contribution in [0.2, 0.25) is 0 Å². The zero-order valence-corrected chi connectivity index (χ0v) is 7.90. The van der Waals surface area contributed by atoms with Gasteiger partial charge in [-0.1, -0.05) is 13.2 Å². The number of rotatable bonds is 2. The summed E-state index contributed by atoms with van der Waals surface area (Å²) < 4.78 is 5.48. The molecule has 1 heteroatoms. The Morgan fingerprint density at radius 1 is 1.25 bits per heavy atom. The first-order valence-electron chi connectivity index (χ1n) is 3.94. The van der Waals surface area contributed by atoms with Crippen LogP contribution in [0.4, 0.5) is 0 Å². The number of hydrogen-bond acceptors (Lipinski definition) is 1. The Balaban J connectivity index is 3.26. The highest BCUT2D eigenvalue weighted by molar-refractivity contribution is 5.73. The van der Waals surface area contributed by atoms with E-state index in [1.165, 1.54) is 0 Å². The normalized spacial score (nSPS) is 9.92. The van der Waals surface area contributed by atoms with Gasteiger partial charge in [-0.2, -0.15) is 0 Å². The van der Waals surface area contributed by atoms with E-state index in [2.05, 4.69) is 13.2 Å². The Labute approximate surface area is 73.4 Å². The van der Waals surface area contributed by atoms with E-state index in [9.17, 15) is 0 Å². The van der Waals surface area contributed by atoms with Crippen molar-refractivity contribution in [2.45, 2.75) is 20.8 Å². The van der Waals surface area contributed by atoms with Crippen molar-refractivity contribution >= 4 is 11.1 Å². The van der Waals surface area contributed by atoms with Crippen molar-refractivity contribution in [3.8, 4) is 0 Å². The van der Waals surface area contributed by atoms with Crippen molar-refractivity contribution in [1.82, 2.24) is 0 Å². The van der Waals surface area contributed by atoms with Gasteiger partial charge in [0.25, 0.3) is 0 Å². The summed E-state index contributed by atoms with van der Waals surface area (Å²) in [6, 6.07) is 1.99. The van der Waals surface area contributed by atoms with Gasteiger partial charge in [0.2, 0.25) is 0 Å². The van der Waals surface area contributed by atoms with Gasteiger partial charge in [0.15, 0.2) is 0 Å².